The van der Waals surface area contributed by atoms with E-state index in [2.05, 4.69) is 52.2 Å². The van der Waals surface area contributed by atoms with Gasteiger partial charge in [-0.2, -0.15) is 9.89 Å². The van der Waals surface area contributed by atoms with Crippen LogP contribution in [0.3, 0.4) is 0 Å². The standard InChI is InChI=1S/C31H29N5O2S/c37-19-22-11-3-8-16-28(22)39-27-15-7-2-10-21(27)18-32-31-33-25-14-6-5-13-24(25)30(35-31)34-29-23-12-4-1-9-20(23)17-26(29)36-38/h1-4,7-16,26,29,37H,5-6,17-19H2,(H2,32,33,34,35)/t26-,29+/m1/s1. The predicted molar refractivity (Wildman–Crippen MR) is 156 cm³/mol. The minimum absolute atomic E-state index is 0.00179. The molecule has 3 N–H and O–H groups in total. The highest BCUT2D eigenvalue weighted by Crippen LogP contribution is 2.35. The Kier molecular flexibility index (Phi) is 7.38. The zero-order chi connectivity index (χ0) is 26.6. The van der Waals surface area contributed by atoms with Crippen LogP contribution in [0.15, 0.2) is 87.8 Å². The second-order valence-electron chi connectivity index (χ2n) is 9.71. The Morgan fingerprint density at radius 1 is 0.897 bits per heavy atom. The molecular weight excluding hydrogens is 506 g/mol. The highest BCUT2D eigenvalue weighted by Gasteiger charge is 2.34. The maximum absolute atomic E-state index is 11.7. The first-order valence-electron chi connectivity index (χ1n) is 13.2. The number of nitrogens with one attached hydrogen (secondary N) is 2. The molecule has 0 amide bonds. The van der Waals surface area contributed by atoms with Gasteiger partial charge < -0.3 is 15.7 Å². The number of nitroso groups, excluding NO2 is 1. The van der Waals surface area contributed by atoms with Gasteiger partial charge in [0.2, 0.25) is 5.95 Å². The molecule has 4 aromatic rings. The molecule has 39 heavy (non-hydrogen) atoms. The van der Waals surface area contributed by atoms with E-state index in [0.717, 1.165) is 55.5 Å². The quantitative estimate of drug-likeness (QED) is 0.261. The molecule has 0 fully saturated rings. The second-order valence-corrected chi connectivity index (χ2v) is 10.8. The first kappa shape index (κ1) is 25.3. The molecule has 196 valence electrons. The molecule has 0 bridgehead atoms. The molecule has 2 aliphatic rings. The number of anilines is 2. The van der Waals surface area contributed by atoms with Crippen molar-refractivity contribution in [2.45, 2.75) is 54.3 Å². The summed E-state index contributed by atoms with van der Waals surface area (Å²) in [5.41, 5.74) is 4.25. The number of benzene rings is 3. The van der Waals surface area contributed by atoms with Crippen LogP contribution >= 0.6 is 11.8 Å². The Bertz CT molecular complexity index is 1640. The van der Waals surface area contributed by atoms with Gasteiger partial charge in [-0.05, 0) is 47.2 Å². The number of aromatic nitrogens is 2. The Balaban J connectivity index is 1.28. The van der Waals surface area contributed by atoms with Crippen molar-refractivity contribution in [3.63, 3.8) is 0 Å². The van der Waals surface area contributed by atoms with E-state index in [1.165, 1.54) is 0 Å². The average molecular weight is 536 g/mol. The number of nitrogens with zero attached hydrogens (tertiary/aromatic N) is 3. The third-order valence-corrected chi connectivity index (χ3v) is 8.47. The minimum Gasteiger partial charge on any atom is -0.392 e. The number of aliphatic hydroxyl groups is 1. The summed E-state index contributed by atoms with van der Waals surface area (Å²) in [5, 5.41) is 22.0. The van der Waals surface area contributed by atoms with E-state index in [-0.39, 0.29) is 18.7 Å². The molecular formula is C31H29N5O2S. The Labute approximate surface area is 231 Å². The first-order chi connectivity index (χ1) is 19.2. The second kappa shape index (κ2) is 11.4. The van der Waals surface area contributed by atoms with Gasteiger partial charge in [-0.1, -0.05) is 89.8 Å². The summed E-state index contributed by atoms with van der Waals surface area (Å²) in [6.07, 6.45) is 6.78. The van der Waals surface area contributed by atoms with Crippen LogP contribution in [0.1, 0.15) is 41.1 Å². The Morgan fingerprint density at radius 2 is 1.62 bits per heavy atom. The summed E-state index contributed by atoms with van der Waals surface area (Å²) in [6.45, 7) is 0.541. The van der Waals surface area contributed by atoms with Crippen LogP contribution in [0.25, 0.3) is 12.2 Å². The monoisotopic (exact) mass is 535 g/mol. The van der Waals surface area contributed by atoms with Gasteiger partial charge in [-0.25, -0.2) is 4.98 Å². The fourth-order valence-corrected chi connectivity index (χ4v) is 6.32. The van der Waals surface area contributed by atoms with Crippen molar-refractivity contribution in [1.82, 2.24) is 9.97 Å². The van der Waals surface area contributed by atoms with Crippen LogP contribution < -0.4 is 21.2 Å². The molecule has 0 spiro atoms. The molecule has 2 aliphatic carbocycles. The van der Waals surface area contributed by atoms with Gasteiger partial charge in [0.15, 0.2) is 0 Å². The largest absolute Gasteiger partial charge is 0.392 e. The van der Waals surface area contributed by atoms with Crippen molar-refractivity contribution in [3.8, 4) is 0 Å². The topological polar surface area (TPSA) is 99.5 Å². The molecule has 0 aliphatic heterocycles. The summed E-state index contributed by atoms with van der Waals surface area (Å²) in [6, 6.07) is 23.6. The maximum Gasteiger partial charge on any atom is 0.225 e. The number of hydrogen-bond acceptors (Lipinski definition) is 8. The molecule has 3 aromatic carbocycles. The van der Waals surface area contributed by atoms with Gasteiger partial charge >= 0.3 is 0 Å². The fourth-order valence-electron chi connectivity index (χ4n) is 5.25. The zero-order valence-corrected chi connectivity index (χ0v) is 22.2. The highest BCUT2D eigenvalue weighted by molar-refractivity contribution is 7.99. The number of rotatable bonds is 9. The molecule has 8 heteroatoms. The smallest absolute Gasteiger partial charge is 0.225 e. The fraction of sp³-hybridized carbons (Fsp3) is 0.226. The maximum atomic E-state index is 11.7. The average Bonchev–Trinajstić information content (AvgIpc) is 3.34. The third-order valence-electron chi connectivity index (χ3n) is 7.23. The molecule has 0 saturated carbocycles. The van der Waals surface area contributed by atoms with Gasteiger partial charge in [-0.15, -0.1) is 0 Å². The number of hydrogen-bond donors (Lipinski definition) is 3. The number of fused-ring (bicyclic) bond motifs is 2. The summed E-state index contributed by atoms with van der Waals surface area (Å²) < 4.78 is 0. The van der Waals surface area contributed by atoms with Gasteiger partial charge in [-0.3, -0.25) is 0 Å². The number of aliphatic hydroxyl groups excluding tert-OH is 1. The van der Waals surface area contributed by atoms with Gasteiger partial charge in [0.25, 0.3) is 0 Å². The van der Waals surface area contributed by atoms with Crippen LogP contribution in [-0.4, -0.2) is 21.1 Å². The summed E-state index contributed by atoms with van der Waals surface area (Å²) >= 11 is 1.64. The molecule has 0 unspecified atom stereocenters. The van der Waals surface area contributed by atoms with E-state index in [1.54, 1.807) is 11.8 Å². The summed E-state index contributed by atoms with van der Waals surface area (Å²) in [4.78, 5) is 23.6. The predicted octanol–water partition coefficient (Wildman–Crippen LogP) is 4.93. The summed E-state index contributed by atoms with van der Waals surface area (Å²) in [5.74, 6) is 1.24. The van der Waals surface area contributed by atoms with Crippen LogP contribution in [0.5, 0.6) is 0 Å². The lowest BCUT2D eigenvalue weighted by atomic mass is 10.1. The lowest BCUT2D eigenvalue weighted by Crippen LogP contribution is -2.36. The van der Waals surface area contributed by atoms with Crippen molar-refractivity contribution in [3.05, 3.63) is 111 Å². The Hall–Kier alpha value is -4.01. The molecule has 0 radical (unpaired) electrons. The van der Waals surface area contributed by atoms with Crippen molar-refractivity contribution in [2.24, 2.45) is 5.18 Å². The highest BCUT2D eigenvalue weighted by atomic mass is 32.2. The van der Waals surface area contributed by atoms with Crippen LogP contribution in [-0.2, 0) is 19.6 Å². The van der Waals surface area contributed by atoms with E-state index in [1.807, 2.05) is 48.5 Å². The van der Waals surface area contributed by atoms with Crippen molar-refractivity contribution < 1.29 is 5.11 Å². The molecule has 7 nitrogen and oxygen atoms in total. The minimum atomic E-state index is -0.386. The molecule has 0 saturated heterocycles. The van der Waals surface area contributed by atoms with E-state index < -0.39 is 0 Å². The van der Waals surface area contributed by atoms with Crippen LogP contribution in [0.4, 0.5) is 11.8 Å². The molecule has 1 aromatic heterocycles. The SMILES string of the molecule is O=N[C@@H]1Cc2ccccc2[C@@H]1Nc1nc(NCc2ccccc2Sc2ccccc2CO)nc2c1=CCCC=2. The van der Waals surface area contributed by atoms with Crippen molar-refractivity contribution in [1.29, 1.82) is 0 Å². The summed E-state index contributed by atoms with van der Waals surface area (Å²) in [7, 11) is 0. The van der Waals surface area contributed by atoms with Crippen molar-refractivity contribution >= 4 is 35.7 Å². The van der Waals surface area contributed by atoms with E-state index in [4.69, 9.17) is 9.97 Å². The zero-order valence-electron chi connectivity index (χ0n) is 21.4. The van der Waals surface area contributed by atoms with Crippen molar-refractivity contribution in [2.75, 3.05) is 10.6 Å². The molecule has 6 rings (SSSR count). The van der Waals surface area contributed by atoms with Gasteiger partial charge in [0.05, 0.1) is 18.0 Å². The molecule has 1 heterocycles. The van der Waals surface area contributed by atoms with E-state index in [0.29, 0.717) is 24.7 Å². The van der Waals surface area contributed by atoms with Crippen LogP contribution in [0, 0.1) is 4.91 Å². The van der Waals surface area contributed by atoms with Gasteiger partial charge in [0, 0.05) is 28.0 Å². The normalized spacial score (nSPS) is 17.4. The molecule has 2 atom stereocenters. The van der Waals surface area contributed by atoms with E-state index in [9.17, 15) is 10.0 Å². The van der Waals surface area contributed by atoms with Crippen LogP contribution in [0.2, 0.25) is 0 Å². The third kappa shape index (κ3) is 5.30. The van der Waals surface area contributed by atoms with Gasteiger partial charge in [0.1, 0.15) is 11.9 Å². The first-order valence-corrected chi connectivity index (χ1v) is 14.0. The lowest BCUT2D eigenvalue weighted by molar-refractivity contribution is 0.279. The van der Waals surface area contributed by atoms with E-state index >= 15 is 0 Å². The lowest BCUT2D eigenvalue weighted by Gasteiger charge is -2.20. The Morgan fingerprint density at radius 3 is 2.44 bits per heavy atom.